The molecule has 0 bridgehead atoms. The predicted molar refractivity (Wildman–Crippen MR) is 73.2 cm³/mol. The second-order valence-corrected chi connectivity index (χ2v) is 5.76. The van der Waals surface area contributed by atoms with Gasteiger partial charge < -0.3 is 15.3 Å². The normalized spacial score (nSPS) is 25.1. The minimum absolute atomic E-state index is 0.0969. The summed E-state index contributed by atoms with van der Waals surface area (Å²) in [5, 5.41) is 13.0. The standard InChI is InChI=1S/C14H30N2O/c1-4-8-15-14(3,12-17)7-10-16-9-6-13(5-2)11-16/h13,15,17H,4-12H2,1-3H3. The van der Waals surface area contributed by atoms with Crippen molar-refractivity contribution in [3.8, 4) is 0 Å². The number of hydrogen-bond donors (Lipinski definition) is 2. The lowest BCUT2D eigenvalue weighted by Gasteiger charge is -2.31. The van der Waals surface area contributed by atoms with Gasteiger partial charge in [-0.15, -0.1) is 0 Å². The summed E-state index contributed by atoms with van der Waals surface area (Å²) in [7, 11) is 0. The largest absolute Gasteiger partial charge is 0.394 e. The van der Waals surface area contributed by atoms with E-state index in [1.807, 2.05) is 0 Å². The maximum absolute atomic E-state index is 9.50. The van der Waals surface area contributed by atoms with E-state index in [1.165, 1.54) is 25.9 Å². The first kappa shape index (κ1) is 14.9. The summed E-state index contributed by atoms with van der Waals surface area (Å²) in [6.07, 6.45) is 4.83. The van der Waals surface area contributed by atoms with Gasteiger partial charge in [0, 0.05) is 12.1 Å². The molecular formula is C14H30N2O. The van der Waals surface area contributed by atoms with Gasteiger partial charge >= 0.3 is 0 Å². The highest BCUT2D eigenvalue weighted by Crippen LogP contribution is 2.20. The molecule has 1 saturated heterocycles. The van der Waals surface area contributed by atoms with Crippen LogP contribution in [0.4, 0.5) is 0 Å². The Hall–Kier alpha value is -0.120. The molecule has 0 aromatic heterocycles. The van der Waals surface area contributed by atoms with E-state index >= 15 is 0 Å². The molecule has 2 unspecified atom stereocenters. The molecule has 0 radical (unpaired) electrons. The van der Waals surface area contributed by atoms with Gasteiger partial charge in [-0.2, -0.15) is 0 Å². The minimum Gasteiger partial charge on any atom is -0.394 e. The van der Waals surface area contributed by atoms with Crippen LogP contribution in [0.1, 0.15) is 46.5 Å². The Morgan fingerprint density at radius 1 is 1.41 bits per heavy atom. The number of aliphatic hydroxyl groups is 1. The number of rotatable bonds is 8. The predicted octanol–water partition coefficient (Wildman–Crippen LogP) is 1.86. The number of aliphatic hydroxyl groups excluding tert-OH is 1. The highest BCUT2D eigenvalue weighted by atomic mass is 16.3. The van der Waals surface area contributed by atoms with Crippen LogP contribution in [-0.4, -0.2) is 48.3 Å². The first-order valence-corrected chi connectivity index (χ1v) is 7.21. The van der Waals surface area contributed by atoms with Gasteiger partial charge in [0.15, 0.2) is 0 Å². The van der Waals surface area contributed by atoms with Gasteiger partial charge in [0.05, 0.1) is 6.61 Å². The maximum atomic E-state index is 9.50. The lowest BCUT2D eigenvalue weighted by molar-refractivity contribution is 0.150. The van der Waals surface area contributed by atoms with E-state index in [-0.39, 0.29) is 12.1 Å². The number of likely N-dealkylation sites (tertiary alicyclic amines) is 1. The van der Waals surface area contributed by atoms with Crippen molar-refractivity contribution in [2.75, 3.05) is 32.8 Å². The van der Waals surface area contributed by atoms with Crippen LogP contribution in [0.2, 0.25) is 0 Å². The molecule has 0 aromatic rings. The molecule has 2 N–H and O–H groups in total. The number of nitrogens with zero attached hydrogens (tertiary/aromatic N) is 1. The van der Waals surface area contributed by atoms with Crippen molar-refractivity contribution in [1.29, 1.82) is 0 Å². The molecule has 1 fully saturated rings. The lowest BCUT2D eigenvalue weighted by atomic mass is 9.98. The molecule has 2 atom stereocenters. The van der Waals surface area contributed by atoms with E-state index in [0.717, 1.165) is 31.8 Å². The Bertz CT molecular complexity index is 210. The summed E-state index contributed by atoms with van der Waals surface area (Å²) < 4.78 is 0. The van der Waals surface area contributed by atoms with Crippen LogP contribution in [-0.2, 0) is 0 Å². The Morgan fingerprint density at radius 3 is 2.71 bits per heavy atom. The van der Waals surface area contributed by atoms with Crippen LogP contribution in [0.3, 0.4) is 0 Å². The van der Waals surface area contributed by atoms with Gasteiger partial charge in [-0.1, -0.05) is 20.3 Å². The zero-order valence-electron chi connectivity index (χ0n) is 11.8. The van der Waals surface area contributed by atoms with Crippen molar-refractivity contribution < 1.29 is 5.11 Å². The van der Waals surface area contributed by atoms with Crippen molar-refractivity contribution in [2.45, 2.75) is 52.0 Å². The van der Waals surface area contributed by atoms with Crippen LogP contribution >= 0.6 is 0 Å². The molecule has 17 heavy (non-hydrogen) atoms. The third kappa shape index (κ3) is 4.94. The Morgan fingerprint density at radius 2 is 2.18 bits per heavy atom. The van der Waals surface area contributed by atoms with Gasteiger partial charge in [0.25, 0.3) is 0 Å². The molecule has 0 aromatic carbocycles. The highest BCUT2D eigenvalue weighted by Gasteiger charge is 2.26. The quantitative estimate of drug-likeness (QED) is 0.682. The second-order valence-electron chi connectivity index (χ2n) is 5.76. The van der Waals surface area contributed by atoms with E-state index < -0.39 is 0 Å². The zero-order chi connectivity index (χ0) is 12.7. The Kier molecular flexibility index (Phi) is 6.45. The summed E-state index contributed by atoms with van der Waals surface area (Å²) in [5.74, 6) is 0.902. The monoisotopic (exact) mass is 242 g/mol. The smallest absolute Gasteiger partial charge is 0.0611 e. The summed E-state index contributed by atoms with van der Waals surface area (Å²) in [6, 6.07) is 0. The average Bonchev–Trinajstić information content (AvgIpc) is 2.82. The van der Waals surface area contributed by atoms with E-state index in [4.69, 9.17) is 0 Å². The zero-order valence-corrected chi connectivity index (χ0v) is 11.8. The molecule has 0 aliphatic carbocycles. The van der Waals surface area contributed by atoms with E-state index in [0.29, 0.717) is 0 Å². The number of nitrogens with one attached hydrogen (secondary N) is 1. The lowest BCUT2D eigenvalue weighted by Crippen LogP contribution is -2.48. The first-order chi connectivity index (χ1) is 8.13. The topological polar surface area (TPSA) is 35.5 Å². The maximum Gasteiger partial charge on any atom is 0.0611 e. The molecule has 1 aliphatic rings. The van der Waals surface area contributed by atoms with Crippen LogP contribution in [0, 0.1) is 5.92 Å². The number of hydrogen-bond acceptors (Lipinski definition) is 3. The summed E-state index contributed by atoms with van der Waals surface area (Å²) in [5.41, 5.74) is -0.0969. The second kappa shape index (κ2) is 7.34. The molecule has 0 saturated carbocycles. The van der Waals surface area contributed by atoms with Crippen molar-refractivity contribution in [2.24, 2.45) is 5.92 Å². The summed E-state index contributed by atoms with van der Waals surface area (Å²) in [6.45, 7) is 11.4. The minimum atomic E-state index is -0.0969. The van der Waals surface area contributed by atoms with Gasteiger partial charge in [0.1, 0.15) is 0 Å². The first-order valence-electron chi connectivity index (χ1n) is 7.21. The fraction of sp³-hybridized carbons (Fsp3) is 1.00. The van der Waals surface area contributed by atoms with Crippen molar-refractivity contribution in [1.82, 2.24) is 10.2 Å². The Balaban J connectivity index is 2.27. The fourth-order valence-corrected chi connectivity index (χ4v) is 2.50. The highest BCUT2D eigenvalue weighted by molar-refractivity contribution is 4.85. The van der Waals surface area contributed by atoms with Crippen LogP contribution < -0.4 is 5.32 Å². The third-order valence-corrected chi connectivity index (χ3v) is 4.08. The summed E-state index contributed by atoms with van der Waals surface area (Å²) in [4.78, 5) is 2.55. The van der Waals surface area contributed by atoms with E-state index in [1.54, 1.807) is 0 Å². The van der Waals surface area contributed by atoms with Gasteiger partial charge in [-0.3, -0.25) is 0 Å². The molecule has 0 spiro atoms. The third-order valence-electron chi connectivity index (χ3n) is 4.08. The Labute approximate surface area is 107 Å². The SMILES string of the molecule is CCCNC(C)(CO)CCN1CCC(CC)C1. The molecule has 0 amide bonds. The van der Waals surface area contributed by atoms with E-state index in [9.17, 15) is 5.11 Å². The van der Waals surface area contributed by atoms with Crippen LogP contribution in [0.25, 0.3) is 0 Å². The van der Waals surface area contributed by atoms with Crippen molar-refractivity contribution in [3.05, 3.63) is 0 Å². The molecular weight excluding hydrogens is 212 g/mol. The van der Waals surface area contributed by atoms with Gasteiger partial charge in [0.2, 0.25) is 0 Å². The average molecular weight is 242 g/mol. The molecule has 1 rings (SSSR count). The molecule has 3 heteroatoms. The van der Waals surface area contributed by atoms with E-state index in [2.05, 4.69) is 31.0 Å². The van der Waals surface area contributed by atoms with Gasteiger partial charge in [-0.05, 0) is 51.7 Å². The van der Waals surface area contributed by atoms with Crippen LogP contribution in [0.15, 0.2) is 0 Å². The molecule has 1 heterocycles. The molecule has 102 valence electrons. The van der Waals surface area contributed by atoms with Crippen molar-refractivity contribution >= 4 is 0 Å². The van der Waals surface area contributed by atoms with Gasteiger partial charge in [-0.25, -0.2) is 0 Å². The summed E-state index contributed by atoms with van der Waals surface area (Å²) >= 11 is 0. The molecule has 3 nitrogen and oxygen atoms in total. The molecule has 1 aliphatic heterocycles. The van der Waals surface area contributed by atoms with Crippen LogP contribution in [0.5, 0.6) is 0 Å². The van der Waals surface area contributed by atoms with Crippen molar-refractivity contribution in [3.63, 3.8) is 0 Å². The fourth-order valence-electron chi connectivity index (χ4n) is 2.50.